The lowest BCUT2D eigenvalue weighted by molar-refractivity contribution is 0.623. The number of aromatic nitrogens is 1. The third-order valence-corrected chi connectivity index (χ3v) is 10.7. The summed E-state index contributed by atoms with van der Waals surface area (Å²) < 4.78 is 9.17. The normalized spacial score (nSPS) is 11.7. The minimum absolute atomic E-state index is 0.633. The number of benzene rings is 8. The van der Waals surface area contributed by atoms with Crippen molar-refractivity contribution in [1.29, 1.82) is 0 Å². The Morgan fingerprint density at radius 1 is 0.510 bits per heavy atom. The van der Waals surface area contributed by atoms with Crippen LogP contribution >= 0.6 is 11.3 Å². The lowest BCUT2D eigenvalue weighted by Crippen LogP contribution is -2.10. The van der Waals surface area contributed by atoms with Crippen LogP contribution in [0.15, 0.2) is 174 Å². The van der Waals surface area contributed by atoms with E-state index in [4.69, 9.17) is 9.40 Å². The molecular weight excluding hydrogens is 617 g/mol. The van der Waals surface area contributed by atoms with Crippen molar-refractivity contribution in [3.8, 4) is 22.6 Å². The van der Waals surface area contributed by atoms with Gasteiger partial charge in [-0.1, -0.05) is 115 Å². The van der Waals surface area contributed by atoms with Gasteiger partial charge in [-0.15, -0.1) is 11.3 Å². The molecule has 0 saturated heterocycles. The number of nitrogens with zero attached hydrogens (tertiary/aromatic N) is 2. The summed E-state index contributed by atoms with van der Waals surface area (Å²) >= 11 is 1.87. The summed E-state index contributed by atoms with van der Waals surface area (Å²) in [4.78, 5) is 7.25. The Labute approximate surface area is 286 Å². The molecule has 0 aliphatic carbocycles. The Morgan fingerprint density at radius 2 is 1.18 bits per heavy atom. The first-order chi connectivity index (χ1) is 24.3. The van der Waals surface area contributed by atoms with E-state index in [2.05, 4.69) is 144 Å². The van der Waals surface area contributed by atoms with Crippen LogP contribution in [-0.4, -0.2) is 4.98 Å². The molecule has 3 nitrogen and oxygen atoms in total. The standard InChI is InChI=1S/C45H28N2OS/c1-3-12-30(13-4-1)45-46-39-27-24-31-28-40(35-16-7-8-18-37(35)42(31)43(39)48-45)47(32-14-5-2-6-15-32)33-25-22-29(23-26-33)34-19-11-20-38-36-17-9-10-21-41(36)49-44(34)38/h1-28H. The molecule has 0 radical (unpaired) electrons. The maximum absolute atomic E-state index is 6.53. The van der Waals surface area contributed by atoms with Crippen LogP contribution < -0.4 is 4.90 Å². The molecule has 0 atom stereocenters. The highest BCUT2D eigenvalue weighted by Gasteiger charge is 2.20. The molecule has 10 rings (SSSR count). The maximum Gasteiger partial charge on any atom is 0.227 e. The van der Waals surface area contributed by atoms with Gasteiger partial charge in [0.25, 0.3) is 0 Å². The van der Waals surface area contributed by atoms with Crippen LogP contribution in [0.1, 0.15) is 0 Å². The molecule has 0 unspecified atom stereocenters. The minimum atomic E-state index is 0.633. The lowest BCUT2D eigenvalue weighted by Gasteiger charge is -2.27. The van der Waals surface area contributed by atoms with Gasteiger partial charge < -0.3 is 9.32 Å². The van der Waals surface area contributed by atoms with Crippen molar-refractivity contribution in [1.82, 2.24) is 4.98 Å². The van der Waals surface area contributed by atoms with Crippen LogP contribution in [0.4, 0.5) is 17.1 Å². The summed E-state index contributed by atoms with van der Waals surface area (Å²) in [6, 6.07) is 60.3. The second-order valence-corrected chi connectivity index (χ2v) is 13.4. The second-order valence-electron chi connectivity index (χ2n) is 12.3. The summed E-state index contributed by atoms with van der Waals surface area (Å²) in [5, 5.41) is 7.08. The Morgan fingerprint density at radius 3 is 2.00 bits per heavy atom. The second kappa shape index (κ2) is 11.2. The fourth-order valence-electron chi connectivity index (χ4n) is 7.21. The molecule has 0 aliphatic heterocycles. The number of fused-ring (bicyclic) bond motifs is 8. The van der Waals surface area contributed by atoms with Gasteiger partial charge in [-0.05, 0) is 76.5 Å². The monoisotopic (exact) mass is 644 g/mol. The highest BCUT2D eigenvalue weighted by molar-refractivity contribution is 7.26. The van der Waals surface area contributed by atoms with Crippen LogP contribution in [0.3, 0.4) is 0 Å². The third-order valence-electron chi connectivity index (χ3n) is 9.47. The average Bonchev–Trinajstić information content (AvgIpc) is 3.78. The van der Waals surface area contributed by atoms with Gasteiger partial charge in [0.15, 0.2) is 5.58 Å². The fraction of sp³-hybridized carbons (Fsp3) is 0. The maximum atomic E-state index is 6.53. The zero-order valence-corrected chi connectivity index (χ0v) is 27.2. The molecule has 230 valence electrons. The predicted molar refractivity (Wildman–Crippen MR) is 207 cm³/mol. The van der Waals surface area contributed by atoms with Crippen molar-refractivity contribution in [2.24, 2.45) is 0 Å². The third kappa shape index (κ3) is 4.53. The fourth-order valence-corrected chi connectivity index (χ4v) is 8.45. The Hall–Kier alpha value is -6.23. The van der Waals surface area contributed by atoms with Crippen molar-refractivity contribution < 1.29 is 4.42 Å². The summed E-state index contributed by atoms with van der Waals surface area (Å²) in [5.41, 5.74) is 8.40. The van der Waals surface area contributed by atoms with Crippen molar-refractivity contribution in [3.63, 3.8) is 0 Å². The molecule has 0 amide bonds. The molecule has 0 aliphatic rings. The van der Waals surface area contributed by atoms with E-state index in [0.29, 0.717) is 5.89 Å². The summed E-state index contributed by atoms with van der Waals surface area (Å²) in [6.45, 7) is 0. The van der Waals surface area contributed by atoms with Gasteiger partial charge in [-0.25, -0.2) is 4.98 Å². The molecule has 2 heterocycles. The molecular formula is C45H28N2OS. The first-order valence-electron chi connectivity index (χ1n) is 16.5. The first-order valence-corrected chi connectivity index (χ1v) is 17.3. The van der Waals surface area contributed by atoms with Gasteiger partial charge in [0.1, 0.15) is 5.52 Å². The summed E-state index contributed by atoms with van der Waals surface area (Å²) in [6.07, 6.45) is 0. The minimum Gasteiger partial charge on any atom is -0.435 e. The van der Waals surface area contributed by atoms with E-state index >= 15 is 0 Å². The first kappa shape index (κ1) is 27.8. The molecule has 0 spiro atoms. The van der Waals surface area contributed by atoms with Gasteiger partial charge in [0.05, 0.1) is 5.69 Å². The Kier molecular flexibility index (Phi) is 6.36. The van der Waals surface area contributed by atoms with E-state index in [9.17, 15) is 0 Å². The molecule has 8 aromatic carbocycles. The number of hydrogen-bond acceptors (Lipinski definition) is 4. The highest BCUT2D eigenvalue weighted by atomic mass is 32.1. The van der Waals surface area contributed by atoms with E-state index in [-0.39, 0.29) is 0 Å². The lowest BCUT2D eigenvalue weighted by atomic mass is 9.98. The topological polar surface area (TPSA) is 29.3 Å². The predicted octanol–water partition coefficient (Wildman–Crippen LogP) is 13.3. The van der Waals surface area contributed by atoms with Crippen molar-refractivity contribution in [3.05, 3.63) is 170 Å². The molecule has 0 fully saturated rings. The van der Waals surface area contributed by atoms with Crippen molar-refractivity contribution >= 4 is 81.2 Å². The number of thiophene rings is 1. The zero-order chi connectivity index (χ0) is 32.3. The van der Waals surface area contributed by atoms with Crippen LogP contribution in [0.2, 0.25) is 0 Å². The summed E-state index contributed by atoms with van der Waals surface area (Å²) in [7, 11) is 0. The smallest absolute Gasteiger partial charge is 0.227 e. The Balaban J connectivity index is 1.15. The van der Waals surface area contributed by atoms with Crippen LogP contribution in [0, 0.1) is 0 Å². The van der Waals surface area contributed by atoms with E-state index in [1.165, 1.54) is 31.3 Å². The Bertz CT molecular complexity index is 2820. The van der Waals surface area contributed by atoms with E-state index in [1.54, 1.807) is 0 Å². The average molecular weight is 645 g/mol. The van der Waals surface area contributed by atoms with Crippen molar-refractivity contribution in [2.45, 2.75) is 0 Å². The molecule has 2 aromatic heterocycles. The van der Waals surface area contributed by atoms with Gasteiger partial charge in [-0.3, -0.25) is 0 Å². The number of para-hydroxylation sites is 1. The van der Waals surface area contributed by atoms with Crippen LogP contribution in [0.25, 0.3) is 75.4 Å². The van der Waals surface area contributed by atoms with Crippen LogP contribution in [0.5, 0.6) is 0 Å². The number of anilines is 3. The zero-order valence-electron chi connectivity index (χ0n) is 26.4. The van der Waals surface area contributed by atoms with Crippen molar-refractivity contribution in [2.75, 3.05) is 4.90 Å². The van der Waals surface area contributed by atoms with Gasteiger partial charge in [0, 0.05) is 47.9 Å². The van der Waals surface area contributed by atoms with Gasteiger partial charge in [-0.2, -0.15) is 0 Å². The van der Waals surface area contributed by atoms with Crippen LogP contribution in [-0.2, 0) is 0 Å². The molecule has 0 saturated carbocycles. The van der Waals surface area contributed by atoms with E-state index in [1.807, 2.05) is 41.7 Å². The van der Waals surface area contributed by atoms with E-state index in [0.717, 1.165) is 55.3 Å². The molecule has 0 bridgehead atoms. The molecule has 4 heteroatoms. The number of hydrogen-bond donors (Lipinski definition) is 0. The largest absolute Gasteiger partial charge is 0.435 e. The highest BCUT2D eigenvalue weighted by Crippen LogP contribution is 2.45. The quantitative estimate of drug-likeness (QED) is 0.175. The van der Waals surface area contributed by atoms with Gasteiger partial charge in [0.2, 0.25) is 5.89 Å². The molecule has 0 N–H and O–H groups in total. The number of rotatable bonds is 5. The summed E-state index contributed by atoms with van der Waals surface area (Å²) in [5.74, 6) is 0.633. The molecule has 49 heavy (non-hydrogen) atoms. The number of oxazole rings is 1. The van der Waals surface area contributed by atoms with Gasteiger partial charge >= 0.3 is 0 Å². The molecule has 10 aromatic rings. The SMILES string of the molecule is c1ccc(-c2nc3ccc4cc(N(c5ccccc5)c5ccc(-c6cccc7c6sc6ccccc67)cc5)c5ccccc5c4c3o2)cc1. The van der Waals surface area contributed by atoms with E-state index < -0.39 is 0 Å².